The van der Waals surface area contributed by atoms with Crippen molar-refractivity contribution in [2.45, 2.75) is 6.54 Å². The van der Waals surface area contributed by atoms with E-state index in [1.54, 1.807) is 36.8 Å². The number of benzene rings is 2. The summed E-state index contributed by atoms with van der Waals surface area (Å²) in [4.78, 5) is 23.7. The molecule has 172 valence electrons. The zero-order valence-corrected chi connectivity index (χ0v) is 18.1. The molecule has 0 aliphatic heterocycles. The third-order valence-electron chi connectivity index (χ3n) is 4.61. The molecular weight excluding hydrogens is 437 g/mol. The molecule has 0 radical (unpaired) electrons. The Morgan fingerprint density at radius 3 is 2.71 bits per heavy atom. The van der Waals surface area contributed by atoms with Crippen LogP contribution in [0, 0.1) is 5.82 Å². The fraction of sp³-hybridized carbons (Fsp3) is 0.0833. The highest BCUT2D eigenvalue weighted by Crippen LogP contribution is 2.23. The van der Waals surface area contributed by atoms with Gasteiger partial charge in [-0.1, -0.05) is 12.6 Å². The molecule has 0 saturated carbocycles. The van der Waals surface area contributed by atoms with E-state index in [0.29, 0.717) is 30.2 Å². The van der Waals surface area contributed by atoms with Crippen LogP contribution in [0.2, 0.25) is 0 Å². The number of aromatic nitrogens is 4. The molecule has 0 aliphatic carbocycles. The number of imidazole rings is 1. The summed E-state index contributed by atoms with van der Waals surface area (Å²) in [5.74, 6) is -0.0337. The molecule has 4 aromatic rings. The van der Waals surface area contributed by atoms with E-state index in [4.69, 9.17) is 4.74 Å². The second-order valence-corrected chi connectivity index (χ2v) is 7.09. The minimum Gasteiger partial charge on any atom is -0.492 e. The Bertz CT molecular complexity index is 1260. The Morgan fingerprint density at radius 2 is 1.94 bits per heavy atom. The van der Waals surface area contributed by atoms with Crippen molar-refractivity contribution in [2.24, 2.45) is 0 Å². The maximum atomic E-state index is 14.3. The lowest BCUT2D eigenvalue weighted by atomic mass is 10.2. The van der Waals surface area contributed by atoms with E-state index in [1.165, 1.54) is 6.08 Å². The summed E-state index contributed by atoms with van der Waals surface area (Å²) in [6.07, 6.45) is 7.58. The standard InChI is InChI=1S/C24H22FN7O2/c1-2-22(33)28-18-4-3-5-19(14-18)29-23-21(25)15-27-24(31-23)30-17-6-8-20(9-7-17)34-13-12-32-11-10-26-16-32/h2-11,14-16H,1,12-13H2,(H,28,33)(H2,27,29,30,31). The van der Waals surface area contributed by atoms with E-state index in [0.717, 1.165) is 11.9 Å². The van der Waals surface area contributed by atoms with Gasteiger partial charge in [0.25, 0.3) is 0 Å². The van der Waals surface area contributed by atoms with Gasteiger partial charge in [0.15, 0.2) is 11.6 Å². The molecule has 10 heteroatoms. The van der Waals surface area contributed by atoms with Gasteiger partial charge < -0.3 is 25.3 Å². The van der Waals surface area contributed by atoms with Gasteiger partial charge in [0.2, 0.25) is 11.9 Å². The summed E-state index contributed by atoms with van der Waals surface area (Å²) in [7, 11) is 0. The molecule has 0 saturated heterocycles. The van der Waals surface area contributed by atoms with Crippen molar-refractivity contribution >= 4 is 34.7 Å². The second kappa shape index (κ2) is 10.7. The fourth-order valence-corrected chi connectivity index (χ4v) is 2.97. The van der Waals surface area contributed by atoms with E-state index < -0.39 is 5.82 Å². The van der Waals surface area contributed by atoms with Gasteiger partial charge in [0.1, 0.15) is 12.4 Å². The lowest BCUT2D eigenvalue weighted by Crippen LogP contribution is -2.08. The van der Waals surface area contributed by atoms with Crippen LogP contribution in [0.25, 0.3) is 0 Å². The van der Waals surface area contributed by atoms with E-state index >= 15 is 0 Å². The molecule has 0 spiro atoms. The number of nitrogens with one attached hydrogen (secondary N) is 3. The molecular formula is C24H22FN7O2. The van der Waals surface area contributed by atoms with E-state index in [2.05, 4.69) is 37.5 Å². The number of nitrogens with zero attached hydrogens (tertiary/aromatic N) is 4. The summed E-state index contributed by atoms with van der Waals surface area (Å²) in [5, 5.41) is 8.60. The van der Waals surface area contributed by atoms with Crippen LogP contribution in [-0.2, 0) is 11.3 Å². The maximum absolute atomic E-state index is 14.3. The van der Waals surface area contributed by atoms with E-state index in [-0.39, 0.29) is 17.7 Å². The first-order valence-corrected chi connectivity index (χ1v) is 10.4. The molecule has 0 unspecified atom stereocenters. The molecule has 4 rings (SSSR count). The van der Waals surface area contributed by atoms with Crippen molar-refractivity contribution in [1.82, 2.24) is 19.5 Å². The quantitative estimate of drug-likeness (QED) is 0.300. The van der Waals surface area contributed by atoms with Crippen LogP contribution in [0.5, 0.6) is 5.75 Å². The van der Waals surface area contributed by atoms with Crippen LogP contribution in [0.15, 0.2) is 86.1 Å². The van der Waals surface area contributed by atoms with Gasteiger partial charge in [0.05, 0.1) is 19.1 Å². The van der Waals surface area contributed by atoms with Gasteiger partial charge in [-0.05, 0) is 48.5 Å². The second-order valence-electron chi connectivity index (χ2n) is 7.09. The molecule has 34 heavy (non-hydrogen) atoms. The number of hydrogen-bond acceptors (Lipinski definition) is 7. The van der Waals surface area contributed by atoms with Crippen molar-refractivity contribution in [3.8, 4) is 5.75 Å². The van der Waals surface area contributed by atoms with Gasteiger partial charge in [-0.3, -0.25) is 4.79 Å². The Kier molecular flexibility index (Phi) is 7.09. The molecule has 2 aromatic carbocycles. The summed E-state index contributed by atoms with van der Waals surface area (Å²) in [5.41, 5.74) is 1.80. The third kappa shape index (κ3) is 6.16. The number of amides is 1. The summed E-state index contributed by atoms with van der Waals surface area (Å²) < 4.78 is 22.0. The average Bonchev–Trinajstić information content (AvgIpc) is 3.36. The van der Waals surface area contributed by atoms with Gasteiger partial charge in [-0.2, -0.15) is 4.98 Å². The molecule has 0 atom stereocenters. The Hall–Kier alpha value is -4.73. The number of hydrogen-bond donors (Lipinski definition) is 3. The lowest BCUT2D eigenvalue weighted by molar-refractivity contribution is -0.111. The smallest absolute Gasteiger partial charge is 0.247 e. The highest BCUT2D eigenvalue weighted by Gasteiger charge is 2.09. The normalized spacial score (nSPS) is 10.4. The number of carbonyl (C=O) groups is 1. The third-order valence-corrected chi connectivity index (χ3v) is 4.61. The molecule has 2 aromatic heterocycles. The largest absolute Gasteiger partial charge is 0.492 e. The monoisotopic (exact) mass is 459 g/mol. The van der Waals surface area contributed by atoms with Crippen molar-refractivity contribution in [3.05, 3.63) is 91.9 Å². The van der Waals surface area contributed by atoms with Crippen molar-refractivity contribution in [2.75, 3.05) is 22.6 Å². The Labute approximate surface area is 195 Å². The van der Waals surface area contributed by atoms with Crippen molar-refractivity contribution in [3.63, 3.8) is 0 Å². The van der Waals surface area contributed by atoms with Gasteiger partial charge in [-0.25, -0.2) is 14.4 Å². The lowest BCUT2D eigenvalue weighted by Gasteiger charge is -2.11. The first kappa shape index (κ1) is 22.5. The number of anilines is 5. The molecule has 9 nitrogen and oxygen atoms in total. The number of rotatable bonds is 10. The molecule has 0 bridgehead atoms. The molecule has 3 N–H and O–H groups in total. The van der Waals surface area contributed by atoms with Crippen LogP contribution in [0.4, 0.5) is 33.2 Å². The number of carbonyl (C=O) groups excluding carboxylic acids is 1. The molecule has 2 heterocycles. The average molecular weight is 459 g/mol. The zero-order valence-electron chi connectivity index (χ0n) is 18.1. The molecule has 0 aliphatic rings. The highest BCUT2D eigenvalue weighted by molar-refractivity contribution is 5.99. The SMILES string of the molecule is C=CC(=O)Nc1cccc(Nc2nc(Nc3ccc(OCCn4ccnc4)cc3)ncc2F)c1. The van der Waals surface area contributed by atoms with E-state index in [9.17, 15) is 9.18 Å². The first-order valence-electron chi connectivity index (χ1n) is 10.4. The topological polar surface area (TPSA) is 106 Å². The maximum Gasteiger partial charge on any atom is 0.247 e. The Balaban J connectivity index is 1.37. The van der Waals surface area contributed by atoms with Gasteiger partial charge in [-0.15, -0.1) is 0 Å². The van der Waals surface area contributed by atoms with Crippen LogP contribution < -0.4 is 20.7 Å². The van der Waals surface area contributed by atoms with Gasteiger partial charge >= 0.3 is 0 Å². The number of halogens is 1. The first-order chi connectivity index (χ1) is 16.6. The van der Waals surface area contributed by atoms with Crippen LogP contribution >= 0.6 is 0 Å². The number of ether oxygens (including phenoxy) is 1. The van der Waals surface area contributed by atoms with Crippen LogP contribution in [0.3, 0.4) is 0 Å². The van der Waals surface area contributed by atoms with Crippen molar-refractivity contribution in [1.29, 1.82) is 0 Å². The van der Waals surface area contributed by atoms with Crippen LogP contribution in [0.1, 0.15) is 0 Å². The molecule has 1 amide bonds. The summed E-state index contributed by atoms with van der Waals surface area (Å²) in [6, 6.07) is 14.1. The summed E-state index contributed by atoms with van der Waals surface area (Å²) >= 11 is 0. The molecule has 0 fully saturated rings. The fourth-order valence-electron chi connectivity index (χ4n) is 2.97. The van der Waals surface area contributed by atoms with Crippen molar-refractivity contribution < 1.29 is 13.9 Å². The zero-order chi connectivity index (χ0) is 23.8. The minimum atomic E-state index is -0.618. The predicted molar refractivity (Wildman–Crippen MR) is 128 cm³/mol. The van der Waals surface area contributed by atoms with Crippen LogP contribution in [-0.4, -0.2) is 32.0 Å². The predicted octanol–water partition coefficient (Wildman–Crippen LogP) is 4.50. The summed E-state index contributed by atoms with van der Waals surface area (Å²) in [6.45, 7) is 4.63. The van der Waals surface area contributed by atoms with Gasteiger partial charge in [0, 0.05) is 29.5 Å². The Morgan fingerprint density at radius 1 is 1.12 bits per heavy atom. The minimum absolute atomic E-state index is 0.0100. The highest BCUT2D eigenvalue weighted by atomic mass is 19.1. The van der Waals surface area contributed by atoms with E-state index in [1.807, 2.05) is 35.0 Å².